The number of benzene rings is 4. The molecule has 0 aliphatic heterocycles. The minimum Gasteiger partial charge on any atom is -0.461 e. The summed E-state index contributed by atoms with van der Waals surface area (Å²) in [5, 5.41) is 2.60. The van der Waals surface area contributed by atoms with E-state index in [0.717, 1.165) is 11.1 Å². The summed E-state index contributed by atoms with van der Waals surface area (Å²) in [5.41, 5.74) is 1.02. The Hall–Kier alpha value is -4.42. The number of halogens is 1. The van der Waals surface area contributed by atoms with E-state index in [1.54, 1.807) is 68.4 Å². The number of sulfonamides is 2. The third-order valence-corrected chi connectivity index (χ3v) is 8.53. The van der Waals surface area contributed by atoms with Crippen molar-refractivity contribution in [2.24, 2.45) is 0 Å². The van der Waals surface area contributed by atoms with Gasteiger partial charge in [-0.15, -0.1) is 0 Å². The van der Waals surface area contributed by atoms with Gasteiger partial charge in [0.25, 0.3) is 26.0 Å². The van der Waals surface area contributed by atoms with Gasteiger partial charge in [0, 0.05) is 5.56 Å². The zero-order valence-electron chi connectivity index (χ0n) is 21.5. The van der Waals surface area contributed by atoms with Crippen LogP contribution in [-0.4, -0.2) is 29.6 Å². The van der Waals surface area contributed by atoms with Gasteiger partial charge < -0.3 is 10.1 Å². The highest BCUT2D eigenvalue weighted by molar-refractivity contribution is 7.93. The van der Waals surface area contributed by atoms with Crippen molar-refractivity contribution in [2.45, 2.75) is 23.6 Å². The number of rotatable bonds is 10. The summed E-state index contributed by atoms with van der Waals surface area (Å²) in [4.78, 5) is 12.7. The second-order valence-corrected chi connectivity index (χ2v) is 12.1. The van der Waals surface area contributed by atoms with E-state index in [9.17, 15) is 26.0 Å². The molecule has 0 aromatic heterocycles. The predicted octanol–water partition coefficient (Wildman–Crippen LogP) is 5.46. The SMILES string of the molecule is Cc1ccc(S(=O)(=O)Nc2c(NC(=O)c3ccccc3)ccc(OCF)c2NS(=O)(=O)c2ccc(C)cc2)cc1. The molecule has 40 heavy (non-hydrogen) atoms. The van der Waals surface area contributed by atoms with Crippen LogP contribution in [0.4, 0.5) is 21.5 Å². The van der Waals surface area contributed by atoms with Crippen molar-refractivity contribution >= 4 is 43.0 Å². The Bertz CT molecular complexity index is 1730. The first-order chi connectivity index (χ1) is 19.0. The molecule has 0 radical (unpaired) electrons. The van der Waals surface area contributed by atoms with E-state index in [1.807, 2.05) is 0 Å². The van der Waals surface area contributed by atoms with Gasteiger partial charge in [-0.25, -0.2) is 21.2 Å². The van der Waals surface area contributed by atoms with Crippen molar-refractivity contribution in [3.63, 3.8) is 0 Å². The van der Waals surface area contributed by atoms with E-state index in [0.29, 0.717) is 0 Å². The van der Waals surface area contributed by atoms with Gasteiger partial charge in [-0.1, -0.05) is 53.6 Å². The number of hydrogen-bond donors (Lipinski definition) is 3. The highest BCUT2D eigenvalue weighted by Crippen LogP contribution is 2.42. The number of carbonyl (C=O) groups excluding carboxylic acids is 1. The summed E-state index contributed by atoms with van der Waals surface area (Å²) in [7, 11) is -8.64. The van der Waals surface area contributed by atoms with E-state index in [-0.39, 0.29) is 32.5 Å². The van der Waals surface area contributed by atoms with E-state index < -0.39 is 38.5 Å². The maximum absolute atomic E-state index is 13.4. The van der Waals surface area contributed by atoms with Gasteiger partial charge in [0.15, 0.2) is 0 Å². The first-order valence-electron chi connectivity index (χ1n) is 11.9. The number of hydrogen-bond acceptors (Lipinski definition) is 6. The summed E-state index contributed by atoms with van der Waals surface area (Å²) in [6, 6.07) is 22.5. The molecular weight excluding hydrogens is 557 g/mol. The summed E-state index contributed by atoms with van der Waals surface area (Å²) in [6.45, 7) is 2.24. The molecule has 1 amide bonds. The summed E-state index contributed by atoms with van der Waals surface area (Å²) in [6.07, 6.45) is 0. The lowest BCUT2D eigenvalue weighted by Gasteiger charge is -2.21. The molecule has 0 unspecified atom stereocenters. The number of anilines is 3. The fraction of sp³-hybridized carbons (Fsp3) is 0.107. The summed E-state index contributed by atoms with van der Waals surface area (Å²) >= 11 is 0. The minimum atomic E-state index is -4.32. The fourth-order valence-corrected chi connectivity index (χ4v) is 5.86. The molecule has 0 aliphatic rings. The molecule has 0 bridgehead atoms. The maximum Gasteiger partial charge on any atom is 0.262 e. The van der Waals surface area contributed by atoms with Crippen LogP contribution in [0.15, 0.2) is 101 Å². The Morgan fingerprint density at radius 1 is 0.700 bits per heavy atom. The van der Waals surface area contributed by atoms with E-state index >= 15 is 0 Å². The molecule has 0 heterocycles. The molecule has 4 aromatic carbocycles. The highest BCUT2D eigenvalue weighted by atomic mass is 32.2. The molecule has 0 atom stereocenters. The number of aryl methyl sites for hydroxylation is 2. The third-order valence-electron chi connectivity index (χ3n) is 5.80. The quantitative estimate of drug-likeness (QED) is 0.227. The lowest BCUT2D eigenvalue weighted by Crippen LogP contribution is -2.21. The van der Waals surface area contributed by atoms with Crippen molar-refractivity contribution in [1.29, 1.82) is 0 Å². The molecule has 0 saturated carbocycles. The van der Waals surface area contributed by atoms with Gasteiger partial charge in [0.05, 0.1) is 15.5 Å². The van der Waals surface area contributed by atoms with Gasteiger partial charge >= 0.3 is 0 Å². The molecule has 4 aromatic rings. The van der Waals surface area contributed by atoms with Crippen LogP contribution in [-0.2, 0) is 20.0 Å². The molecule has 12 heteroatoms. The molecule has 4 rings (SSSR count). The largest absolute Gasteiger partial charge is 0.461 e. The van der Waals surface area contributed by atoms with Gasteiger partial charge in [0.2, 0.25) is 6.86 Å². The summed E-state index contributed by atoms with van der Waals surface area (Å²) < 4.78 is 76.5. The number of alkyl halides is 1. The molecule has 0 fully saturated rings. The third kappa shape index (κ3) is 6.58. The zero-order valence-corrected chi connectivity index (χ0v) is 23.1. The van der Waals surface area contributed by atoms with Gasteiger partial charge in [-0.05, 0) is 62.4 Å². The molecule has 208 valence electrons. The Morgan fingerprint density at radius 3 is 1.70 bits per heavy atom. The normalized spacial score (nSPS) is 11.5. The Morgan fingerprint density at radius 2 is 1.20 bits per heavy atom. The second-order valence-electron chi connectivity index (χ2n) is 8.77. The van der Waals surface area contributed by atoms with Crippen molar-refractivity contribution in [3.8, 4) is 5.75 Å². The fourth-order valence-electron chi connectivity index (χ4n) is 3.68. The van der Waals surface area contributed by atoms with E-state index in [2.05, 4.69) is 14.8 Å². The first kappa shape index (κ1) is 28.6. The van der Waals surface area contributed by atoms with Crippen LogP contribution in [0.5, 0.6) is 5.75 Å². The van der Waals surface area contributed by atoms with Crippen molar-refractivity contribution in [1.82, 2.24) is 0 Å². The topological polar surface area (TPSA) is 131 Å². The van der Waals surface area contributed by atoms with Gasteiger partial charge in [-0.2, -0.15) is 0 Å². The second kappa shape index (κ2) is 11.8. The lowest BCUT2D eigenvalue weighted by molar-refractivity contribution is 0.102. The molecular formula is C28H26FN3O6S2. The Balaban J connectivity index is 1.87. The predicted molar refractivity (Wildman–Crippen MR) is 151 cm³/mol. The average Bonchev–Trinajstić information content (AvgIpc) is 2.92. The summed E-state index contributed by atoms with van der Waals surface area (Å²) in [5.74, 6) is -0.902. The smallest absolute Gasteiger partial charge is 0.262 e. The van der Waals surface area contributed by atoms with Gasteiger partial charge in [-0.3, -0.25) is 14.2 Å². The standard InChI is InChI=1S/C28H26FN3O6S2/c1-19-8-12-22(13-9-19)39(34,35)31-26-24(30-28(33)21-6-4-3-5-7-21)16-17-25(38-18-29)27(26)32-40(36,37)23-14-10-20(2)11-15-23/h3-17,31-32H,18H2,1-2H3,(H,30,33). The van der Waals surface area contributed by atoms with Crippen LogP contribution >= 0.6 is 0 Å². The highest BCUT2D eigenvalue weighted by Gasteiger charge is 2.26. The monoisotopic (exact) mass is 583 g/mol. The van der Waals surface area contributed by atoms with Crippen LogP contribution in [0, 0.1) is 13.8 Å². The van der Waals surface area contributed by atoms with Crippen molar-refractivity contribution in [3.05, 3.63) is 108 Å². The lowest BCUT2D eigenvalue weighted by atomic mass is 10.2. The molecule has 0 saturated heterocycles. The van der Waals surface area contributed by atoms with Crippen molar-refractivity contribution in [2.75, 3.05) is 21.6 Å². The number of nitrogens with one attached hydrogen (secondary N) is 3. The first-order valence-corrected chi connectivity index (χ1v) is 14.9. The van der Waals surface area contributed by atoms with Crippen LogP contribution < -0.4 is 19.5 Å². The Kier molecular flexibility index (Phi) is 8.40. The number of amides is 1. The average molecular weight is 584 g/mol. The Labute approximate surface area is 232 Å². The molecule has 3 N–H and O–H groups in total. The molecule has 0 aliphatic carbocycles. The number of ether oxygens (including phenoxy) is 1. The van der Waals surface area contributed by atoms with Gasteiger partial charge in [0.1, 0.15) is 17.1 Å². The minimum absolute atomic E-state index is 0.0997. The van der Waals surface area contributed by atoms with Crippen LogP contribution in [0.1, 0.15) is 21.5 Å². The van der Waals surface area contributed by atoms with Crippen LogP contribution in [0.25, 0.3) is 0 Å². The van der Waals surface area contributed by atoms with Crippen molar-refractivity contribution < 1.29 is 30.8 Å². The van der Waals surface area contributed by atoms with Crippen LogP contribution in [0.2, 0.25) is 0 Å². The van der Waals surface area contributed by atoms with Crippen LogP contribution in [0.3, 0.4) is 0 Å². The molecule has 0 spiro atoms. The van der Waals surface area contributed by atoms with E-state index in [4.69, 9.17) is 4.74 Å². The number of carbonyl (C=O) groups is 1. The van der Waals surface area contributed by atoms with E-state index in [1.165, 1.54) is 36.4 Å². The molecule has 9 nitrogen and oxygen atoms in total. The maximum atomic E-state index is 13.4. The zero-order chi connectivity index (χ0) is 28.9.